The van der Waals surface area contributed by atoms with Gasteiger partial charge in [-0.15, -0.1) is 0 Å². The molecule has 6 aromatic rings. The highest BCUT2D eigenvalue weighted by Gasteiger charge is 2.24. The Morgan fingerprint density at radius 1 is 0.514 bits per heavy atom. The third-order valence-corrected chi connectivity index (χ3v) is 9.06. The third-order valence-electron chi connectivity index (χ3n) is 6.58. The lowest BCUT2D eigenvalue weighted by Gasteiger charge is -2.25. The van der Waals surface area contributed by atoms with Gasteiger partial charge in [0.05, 0.1) is 0 Å². The Balaban J connectivity index is 1.76. The summed E-state index contributed by atoms with van der Waals surface area (Å²) in [5.41, 5.74) is 3.24. The van der Waals surface area contributed by atoms with Gasteiger partial charge in [-0.3, -0.25) is 0 Å². The van der Waals surface area contributed by atoms with Crippen molar-refractivity contribution in [2.45, 2.75) is 6.92 Å². The highest BCUT2D eigenvalue weighted by Crippen LogP contribution is 2.45. The highest BCUT2D eigenvalue weighted by molar-refractivity contribution is 7.80. The van der Waals surface area contributed by atoms with Crippen LogP contribution in [0.15, 0.2) is 127 Å². The molecule has 0 bridgehead atoms. The van der Waals surface area contributed by atoms with Gasteiger partial charge in [0.2, 0.25) is 0 Å². The fraction of sp³-hybridized carbons (Fsp3) is 0.0303. The number of phenolic OH excluding ortho intramolecular Hbond substituents is 1. The first kappa shape index (κ1) is 21.6. The normalized spacial score (nSPS) is 11.4. The van der Waals surface area contributed by atoms with Crippen LogP contribution in [-0.4, -0.2) is 5.11 Å². The van der Waals surface area contributed by atoms with E-state index in [2.05, 4.69) is 122 Å². The second kappa shape index (κ2) is 9.02. The minimum absolute atomic E-state index is 0.315. The molecular weight excluding hydrogens is 443 g/mol. The summed E-state index contributed by atoms with van der Waals surface area (Å²) in [6, 6.07) is 44.9. The van der Waals surface area contributed by atoms with Gasteiger partial charge in [-0.1, -0.05) is 127 Å². The van der Waals surface area contributed by atoms with Gasteiger partial charge < -0.3 is 5.11 Å². The Morgan fingerprint density at radius 3 is 1.83 bits per heavy atom. The molecule has 0 heterocycles. The topological polar surface area (TPSA) is 20.2 Å². The number of rotatable bonds is 4. The van der Waals surface area contributed by atoms with Crippen molar-refractivity contribution in [3.8, 4) is 16.9 Å². The van der Waals surface area contributed by atoms with E-state index in [1.165, 1.54) is 26.9 Å². The molecule has 0 saturated heterocycles. The Hall–Kier alpha value is -3.93. The molecule has 0 atom stereocenters. The molecule has 2 heteroatoms. The zero-order valence-electron chi connectivity index (χ0n) is 19.5. The van der Waals surface area contributed by atoms with E-state index < -0.39 is 7.92 Å². The van der Waals surface area contributed by atoms with Gasteiger partial charge in [0.25, 0.3) is 0 Å². The summed E-state index contributed by atoms with van der Waals surface area (Å²) in [7, 11) is -0.849. The number of aryl methyl sites for hydroxylation is 1. The number of phenols is 1. The van der Waals surface area contributed by atoms with E-state index in [-0.39, 0.29) is 0 Å². The van der Waals surface area contributed by atoms with Gasteiger partial charge >= 0.3 is 0 Å². The van der Waals surface area contributed by atoms with Gasteiger partial charge in [-0.25, -0.2) is 0 Å². The molecular formula is C33H25OP. The third kappa shape index (κ3) is 3.89. The first-order valence-electron chi connectivity index (χ1n) is 11.9. The fourth-order valence-corrected chi connectivity index (χ4v) is 7.47. The first-order valence-corrected chi connectivity index (χ1v) is 13.2. The molecule has 0 saturated carbocycles. The van der Waals surface area contributed by atoms with E-state index >= 15 is 0 Å². The Labute approximate surface area is 207 Å². The van der Waals surface area contributed by atoms with Crippen molar-refractivity contribution < 1.29 is 5.11 Å². The number of aromatic hydroxyl groups is 1. The lowest BCUT2D eigenvalue weighted by Crippen LogP contribution is -2.22. The maximum absolute atomic E-state index is 11.3. The van der Waals surface area contributed by atoms with E-state index in [1.54, 1.807) is 0 Å². The zero-order chi connectivity index (χ0) is 23.8. The summed E-state index contributed by atoms with van der Waals surface area (Å²) in [5.74, 6) is 0.315. The van der Waals surface area contributed by atoms with E-state index in [0.717, 1.165) is 27.3 Å². The Morgan fingerprint density at radius 2 is 1.11 bits per heavy atom. The molecule has 1 nitrogen and oxygen atoms in total. The van der Waals surface area contributed by atoms with Gasteiger partial charge in [-0.2, -0.15) is 0 Å². The highest BCUT2D eigenvalue weighted by atomic mass is 31.1. The number of hydrogen-bond donors (Lipinski definition) is 1. The molecule has 0 spiro atoms. The van der Waals surface area contributed by atoms with Crippen LogP contribution in [0.1, 0.15) is 5.56 Å². The van der Waals surface area contributed by atoms with Crippen LogP contribution in [0.25, 0.3) is 32.7 Å². The zero-order valence-corrected chi connectivity index (χ0v) is 20.4. The van der Waals surface area contributed by atoms with Crippen molar-refractivity contribution in [2.24, 2.45) is 0 Å². The second-order valence-corrected chi connectivity index (χ2v) is 11.1. The lowest BCUT2D eigenvalue weighted by molar-refractivity contribution is 0.478. The average Bonchev–Trinajstić information content (AvgIpc) is 2.90. The second-order valence-electron chi connectivity index (χ2n) is 8.87. The van der Waals surface area contributed by atoms with Crippen LogP contribution in [0.3, 0.4) is 0 Å². The summed E-state index contributed by atoms with van der Waals surface area (Å²) in [5, 5.41) is 19.7. The van der Waals surface area contributed by atoms with Crippen LogP contribution in [0.2, 0.25) is 0 Å². The van der Waals surface area contributed by atoms with Gasteiger partial charge in [0, 0.05) is 11.1 Å². The Bertz CT molecular complexity index is 1620. The minimum Gasteiger partial charge on any atom is -0.507 e. The van der Waals surface area contributed by atoms with E-state index in [0.29, 0.717) is 5.75 Å². The molecule has 0 radical (unpaired) electrons. The molecule has 1 N–H and O–H groups in total. The molecule has 6 aromatic carbocycles. The van der Waals surface area contributed by atoms with Crippen molar-refractivity contribution >= 4 is 45.4 Å². The molecule has 0 unspecified atom stereocenters. The van der Waals surface area contributed by atoms with Crippen LogP contribution in [0, 0.1) is 6.92 Å². The van der Waals surface area contributed by atoms with Crippen LogP contribution in [0.4, 0.5) is 0 Å². The summed E-state index contributed by atoms with van der Waals surface area (Å²) < 4.78 is 0. The smallest absolute Gasteiger partial charge is 0.124 e. The summed E-state index contributed by atoms with van der Waals surface area (Å²) >= 11 is 0. The van der Waals surface area contributed by atoms with Gasteiger partial charge in [-0.05, 0) is 58.4 Å². The first-order chi connectivity index (χ1) is 17.2. The van der Waals surface area contributed by atoms with Crippen LogP contribution >= 0.6 is 7.92 Å². The van der Waals surface area contributed by atoms with Crippen molar-refractivity contribution in [1.29, 1.82) is 0 Å². The molecule has 0 aromatic heterocycles. The standard InChI is InChI=1S/C33H25OP/c1-23-16-19-29-25(22-23)17-20-30(34)32(29)33-28-15-9-8-10-24(28)18-21-31(33)35(26-11-4-2-5-12-26)27-13-6-3-7-14-27/h2-22,34H,1H3. The molecule has 0 aliphatic carbocycles. The van der Waals surface area contributed by atoms with Gasteiger partial charge in [0.15, 0.2) is 0 Å². The van der Waals surface area contributed by atoms with Gasteiger partial charge in [0.1, 0.15) is 5.75 Å². The summed E-state index contributed by atoms with van der Waals surface area (Å²) in [6.07, 6.45) is 0. The molecule has 0 aliphatic rings. The van der Waals surface area contributed by atoms with Crippen LogP contribution < -0.4 is 15.9 Å². The van der Waals surface area contributed by atoms with Crippen LogP contribution in [0.5, 0.6) is 5.75 Å². The number of benzene rings is 6. The SMILES string of the molecule is Cc1ccc2c(-c3c(P(c4ccccc4)c4ccccc4)ccc4ccccc34)c(O)ccc2c1. The largest absolute Gasteiger partial charge is 0.507 e. The molecule has 6 rings (SSSR count). The predicted octanol–water partition coefficient (Wildman–Crippen LogP) is 7.43. The number of hydrogen-bond acceptors (Lipinski definition) is 1. The molecule has 0 fully saturated rings. The van der Waals surface area contributed by atoms with Crippen molar-refractivity contribution in [1.82, 2.24) is 0 Å². The van der Waals surface area contributed by atoms with Crippen molar-refractivity contribution in [2.75, 3.05) is 0 Å². The van der Waals surface area contributed by atoms with E-state index in [9.17, 15) is 5.11 Å². The minimum atomic E-state index is -0.849. The van der Waals surface area contributed by atoms with Crippen LogP contribution in [-0.2, 0) is 0 Å². The van der Waals surface area contributed by atoms with E-state index in [4.69, 9.17) is 0 Å². The summed E-state index contributed by atoms with van der Waals surface area (Å²) in [6.45, 7) is 2.11. The molecule has 0 amide bonds. The number of fused-ring (bicyclic) bond motifs is 2. The maximum Gasteiger partial charge on any atom is 0.124 e. The predicted molar refractivity (Wildman–Crippen MR) is 152 cm³/mol. The fourth-order valence-electron chi connectivity index (χ4n) is 4.99. The Kier molecular flexibility index (Phi) is 5.57. The monoisotopic (exact) mass is 468 g/mol. The molecule has 0 aliphatic heterocycles. The van der Waals surface area contributed by atoms with E-state index in [1.807, 2.05) is 12.1 Å². The lowest BCUT2D eigenvalue weighted by atomic mass is 9.92. The quantitative estimate of drug-likeness (QED) is 0.267. The molecule has 35 heavy (non-hydrogen) atoms. The van der Waals surface area contributed by atoms with Crippen molar-refractivity contribution in [3.63, 3.8) is 0 Å². The van der Waals surface area contributed by atoms with Crippen molar-refractivity contribution in [3.05, 3.63) is 133 Å². The maximum atomic E-state index is 11.3. The average molecular weight is 469 g/mol. The summed E-state index contributed by atoms with van der Waals surface area (Å²) in [4.78, 5) is 0. The molecule has 168 valence electrons.